The summed E-state index contributed by atoms with van der Waals surface area (Å²) in [6.07, 6.45) is 1.25. The molecule has 0 spiro atoms. The van der Waals surface area contributed by atoms with E-state index in [-0.39, 0.29) is 17.7 Å². The van der Waals surface area contributed by atoms with Crippen LogP contribution in [0.25, 0.3) is 0 Å². The highest BCUT2D eigenvalue weighted by Crippen LogP contribution is 2.33. The van der Waals surface area contributed by atoms with Gasteiger partial charge in [-0.3, -0.25) is 4.98 Å². The summed E-state index contributed by atoms with van der Waals surface area (Å²) in [5.74, 6) is -1.00. The van der Waals surface area contributed by atoms with Crippen LogP contribution in [0, 0.1) is 11.6 Å². The molecule has 2 aromatic rings. The van der Waals surface area contributed by atoms with Gasteiger partial charge in [-0.2, -0.15) is 0 Å². The predicted octanol–water partition coefficient (Wildman–Crippen LogP) is 3.01. The Morgan fingerprint density at radius 2 is 1.89 bits per heavy atom. The van der Waals surface area contributed by atoms with E-state index in [1.807, 2.05) is 0 Å². The van der Waals surface area contributed by atoms with Gasteiger partial charge in [0.2, 0.25) is 0 Å². The lowest BCUT2D eigenvalue weighted by molar-refractivity contribution is 0.0679. The molecule has 2 rings (SSSR count). The number of hydrogen-bond acceptors (Lipinski definition) is 2. The van der Waals surface area contributed by atoms with Gasteiger partial charge in [-0.1, -0.05) is 25.1 Å². The van der Waals surface area contributed by atoms with E-state index >= 15 is 0 Å². The highest BCUT2D eigenvalue weighted by atomic mass is 19.1. The van der Waals surface area contributed by atoms with Gasteiger partial charge in [-0.15, -0.1) is 0 Å². The number of aromatic nitrogens is 1. The summed E-state index contributed by atoms with van der Waals surface area (Å²) in [7, 11) is 0. The van der Waals surface area contributed by atoms with Crippen LogP contribution in [0.5, 0.6) is 0 Å². The molecule has 1 aromatic carbocycles. The zero-order valence-corrected chi connectivity index (χ0v) is 9.90. The maximum atomic E-state index is 13.8. The van der Waals surface area contributed by atoms with Crippen molar-refractivity contribution in [2.24, 2.45) is 0 Å². The van der Waals surface area contributed by atoms with E-state index in [0.29, 0.717) is 0 Å². The van der Waals surface area contributed by atoms with Gasteiger partial charge in [0, 0.05) is 5.56 Å². The molecule has 18 heavy (non-hydrogen) atoms. The Bertz CT molecular complexity index is 542. The molecule has 94 valence electrons. The second-order valence-corrected chi connectivity index (χ2v) is 4.06. The molecule has 1 aromatic heterocycles. The topological polar surface area (TPSA) is 33.1 Å². The fraction of sp³-hybridized carbons (Fsp3) is 0.214. The molecule has 0 radical (unpaired) electrons. The molecule has 1 atom stereocenters. The first-order valence-electron chi connectivity index (χ1n) is 5.67. The van der Waals surface area contributed by atoms with Crippen LogP contribution in [0.2, 0.25) is 0 Å². The standard InChI is InChI=1S/C14H13F2NO/c1-2-14(18,11-5-3-4-6-12(11)16)13-8-7-10(15)9-17-13/h3-9,18H,2H2,1H3. The number of nitrogens with zero attached hydrogens (tertiary/aromatic N) is 1. The maximum absolute atomic E-state index is 13.8. The van der Waals surface area contributed by atoms with Gasteiger partial charge in [0.15, 0.2) is 0 Å². The monoisotopic (exact) mass is 249 g/mol. The second kappa shape index (κ2) is 4.82. The number of hydrogen-bond donors (Lipinski definition) is 1. The molecule has 0 saturated heterocycles. The van der Waals surface area contributed by atoms with E-state index in [4.69, 9.17) is 0 Å². The highest BCUT2D eigenvalue weighted by Gasteiger charge is 2.33. The molecule has 4 heteroatoms. The highest BCUT2D eigenvalue weighted by molar-refractivity contribution is 5.33. The third kappa shape index (κ3) is 2.11. The van der Waals surface area contributed by atoms with Crippen LogP contribution in [-0.4, -0.2) is 10.1 Å². The Balaban J connectivity index is 2.55. The molecule has 0 aliphatic carbocycles. The van der Waals surface area contributed by atoms with E-state index < -0.39 is 17.2 Å². The minimum absolute atomic E-state index is 0.145. The molecular weight excluding hydrogens is 236 g/mol. The molecule has 0 aliphatic rings. The van der Waals surface area contributed by atoms with Gasteiger partial charge in [-0.25, -0.2) is 8.78 Å². The fourth-order valence-corrected chi connectivity index (χ4v) is 1.93. The Morgan fingerprint density at radius 1 is 1.17 bits per heavy atom. The molecule has 1 heterocycles. The van der Waals surface area contributed by atoms with Crippen molar-refractivity contribution in [1.29, 1.82) is 0 Å². The summed E-state index contributed by atoms with van der Waals surface area (Å²) < 4.78 is 26.6. The van der Waals surface area contributed by atoms with Crippen LogP contribution in [-0.2, 0) is 5.60 Å². The Kier molecular flexibility index (Phi) is 3.39. The van der Waals surface area contributed by atoms with Crippen molar-refractivity contribution in [3.05, 3.63) is 65.5 Å². The Labute approximate surface area is 104 Å². The quantitative estimate of drug-likeness (QED) is 0.907. The fourth-order valence-electron chi connectivity index (χ4n) is 1.93. The van der Waals surface area contributed by atoms with Crippen molar-refractivity contribution in [3.63, 3.8) is 0 Å². The van der Waals surface area contributed by atoms with E-state index in [0.717, 1.165) is 6.20 Å². The average Bonchev–Trinajstić information content (AvgIpc) is 2.39. The van der Waals surface area contributed by atoms with Gasteiger partial charge in [0.25, 0.3) is 0 Å². The predicted molar refractivity (Wildman–Crippen MR) is 63.9 cm³/mol. The van der Waals surface area contributed by atoms with Gasteiger partial charge in [-0.05, 0) is 24.6 Å². The first-order chi connectivity index (χ1) is 8.58. The third-order valence-corrected chi connectivity index (χ3v) is 2.98. The smallest absolute Gasteiger partial charge is 0.141 e. The first-order valence-corrected chi connectivity index (χ1v) is 5.67. The van der Waals surface area contributed by atoms with Crippen LogP contribution < -0.4 is 0 Å². The van der Waals surface area contributed by atoms with Crippen LogP contribution in [0.1, 0.15) is 24.6 Å². The summed E-state index contributed by atoms with van der Waals surface area (Å²) >= 11 is 0. The summed E-state index contributed by atoms with van der Waals surface area (Å²) in [6.45, 7) is 1.72. The average molecular weight is 249 g/mol. The summed E-state index contributed by atoms with van der Waals surface area (Å²) in [4.78, 5) is 3.85. The Morgan fingerprint density at radius 3 is 2.44 bits per heavy atom. The molecule has 1 unspecified atom stereocenters. The van der Waals surface area contributed by atoms with Gasteiger partial charge < -0.3 is 5.11 Å². The van der Waals surface area contributed by atoms with Crippen molar-refractivity contribution >= 4 is 0 Å². The minimum atomic E-state index is -1.54. The van der Waals surface area contributed by atoms with Crippen molar-refractivity contribution in [1.82, 2.24) is 4.98 Å². The molecule has 0 fully saturated rings. The van der Waals surface area contributed by atoms with Crippen LogP contribution in [0.4, 0.5) is 8.78 Å². The lowest BCUT2D eigenvalue weighted by Gasteiger charge is -2.27. The number of pyridine rings is 1. The van der Waals surface area contributed by atoms with Gasteiger partial charge in [0.05, 0.1) is 11.9 Å². The number of rotatable bonds is 3. The molecule has 0 bridgehead atoms. The summed E-state index contributed by atoms with van der Waals surface area (Å²) in [5, 5.41) is 10.6. The molecule has 0 saturated carbocycles. The summed E-state index contributed by atoms with van der Waals surface area (Å²) in [6, 6.07) is 8.54. The first kappa shape index (κ1) is 12.6. The largest absolute Gasteiger partial charge is 0.379 e. The van der Waals surface area contributed by atoms with Crippen molar-refractivity contribution in [2.45, 2.75) is 18.9 Å². The normalized spacial score (nSPS) is 14.2. The minimum Gasteiger partial charge on any atom is -0.379 e. The zero-order chi connectivity index (χ0) is 13.2. The number of benzene rings is 1. The summed E-state index contributed by atoms with van der Waals surface area (Å²) in [5.41, 5.74) is -1.16. The van der Waals surface area contributed by atoms with E-state index in [2.05, 4.69) is 4.98 Å². The van der Waals surface area contributed by atoms with E-state index in [1.165, 1.54) is 24.3 Å². The molecule has 0 amide bonds. The van der Waals surface area contributed by atoms with Crippen molar-refractivity contribution in [3.8, 4) is 0 Å². The van der Waals surface area contributed by atoms with Crippen LogP contribution >= 0.6 is 0 Å². The SMILES string of the molecule is CCC(O)(c1ccc(F)cn1)c1ccccc1F. The molecule has 0 aliphatic heterocycles. The molecule has 2 nitrogen and oxygen atoms in total. The molecule has 1 N–H and O–H groups in total. The number of aliphatic hydroxyl groups is 1. The van der Waals surface area contributed by atoms with Crippen molar-refractivity contribution in [2.75, 3.05) is 0 Å². The zero-order valence-electron chi connectivity index (χ0n) is 9.90. The second-order valence-electron chi connectivity index (χ2n) is 4.06. The lowest BCUT2D eigenvalue weighted by atomic mass is 9.87. The van der Waals surface area contributed by atoms with Crippen LogP contribution in [0.15, 0.2) is 42.6 Å². The van der Waals surface area contributed by atoms with E-state index in [9.17, 15) is 13.9 Å². The molecular formula is C14H13F2NO. The van der Waals surface area contributed by atoms with Gasteiger partial charge in [0.1, 0.15) is 17.2 Å². The third-order valence-electron chi connectivity index (χ3n) is 2.98. The van der Waals surface area contributed by atoms with Crippen molar-refractivity contribution < 1.29 is 13.9 Å². The van der Waals surface area contributed by atoms with E-state index in [1.54, 1.807) is 19.1 Å². The van der Waals surface area contributed by atoms with Crippen LogP contribution in [0.3, 0.4) is 0 Å². The number of halogens is 2. The lowest BCUT2D eigenvalue weighted by Crippen LogP contribution is -2.28. The Hall–Kier alpha value is -1.81. The maximum Gasteiger partial charge on any atom is 0.141 e. The van der Waals surface area contributed by atoms with Gasteiger partial charge >= 0.3 is 0 Å².